The number of carbonyl (C=O) groups excluding carboxylic acids is 1. The van der Waals surface area contributed by atoms with Crippen molar-refractivity contribution in [1.82, 2.24) is 0 Å². The summed E-state index contributed by atoms with van der Waals surface area (Å²) >= 11 is 0. The van der Waals surface area contributed by atoms with Gasteiger partial charge in [-0.15, -0.1) is 0 Å². The fourth-order valence-electron chi connectivity index (χ4n) is 2.57. The van der Waals surface area contributed by atoms with Crippen molar-refractivity contribution in [2.75, 3.05) is 19.0 Å². The van der Waals surface area contributed by atoms with E-state index in [2.05, 4.69) is 10.5 Å². The lowest BCUT2D eigenvalue weighted by molar-refractivity contribution is -0.120. The first kappa shape index (κ1) is 20.9. The lowest BCUT2D eigenvalue weighted by atomic mass is 10.2. The Kier molecular flexibility index (Phi) is 7.38. The number of carbonyl (C=O) groups is 1. The quantitative estimate of drug-likeness (QED) is 0.421. The van der Waals surface area contributed by atoms with Crippen molar-refractivity contribution in [1.29, 1.82) is 0 Å². The molecule has 0 radical (unpaired) electrons. The van der Waals surface area contributed by atoms with Crippen molar-refractivity contribution >= 4 is 17.8 Å². The third kappa shape index (κ3) is 6.07. The Morgan fingerprint density at radius 1 is 1.03 bits per heavy atom. The van der Waals surface area contributed by atoms with Crippen molar-refractivity contribution in [2.45, 2.75) is 6.61 Å². The normalized spacial score (nSPS) is 10.6. The number of para-hydroxylation sites is 1. The van der Waals surface area contributed by atoms with Gasteiger partial charge in [-0.3, -0.25) is 4.79 Å². The number of ether oxygens (including phenoxy) is 2. The van der Waals surface area contributed by atoms with Crippen LogP contribution in [0.25, 0.3) is 0 Å². The standard InChI is InChI=1S/C23H21FN2O4/c1-28-22-13-17(11-12-21(22)29-15-18-7-5-6-10-20(18)24)14-25-30-16-23(27)26-19-8-3-2-4-9-19/h2-14H,15-16H2,1H3,(H,26,27)/b25-14+. The van der Waals surface area contributed by atoms with Crippen molar-refractivity contribution in [3.63, 3.8) is 0 Å². The van der Waals surface area contributed by atoms with Crippen LogP contribution >= 0.6 is 0 Å². The molecular formula is C23H21FN2O4. The van der Waals surface area contributed by atoms with Crippen LogP contribution in [0, 0.1) is 5.82 Å². The summed E-state index contributed by atoms with van der Waals surface area (Å²) in [7, 11) is 1.51. The topological polar surface area (TPSA) is 69.2 Å². The fraction of sp³-hybridized carbons (Fsp3) is 0.130. The van der Waals surface area contributed by atoms with E-state index in [1.165, 1.54) is 19.4 Å². The van der Waals surface area contributed by atoms with Crippen LogP contribution in [0.4, 0.5) is 10.1 Å². The summed E-state index contributed by atoms with van der Waals surface area (Å²) in [5.41, 5.74) is 1.83. The third-order valence-corrected chi connectivity index (χ3v) is 4.06. The molecule has 3 aromatic carbocycles. The van der Waals surface area contributed by atoms with E-state index in [0.717, 1.165) is 0 Å². The molecule has 7 heteroatoms. The van der Waals surface area contributed by atoms with E-state index in [0.29, 0.717) is 28.3 Å². The molecule has 0 saturated carbocycles. The molecule has 1 N–H and O–H groups in total. The van der Waals surface area contributed by atoms with Crippen LogP contribution in [0.3, 0.4) is 0 Å². The maximum Gasteiger partial charge on any atom is 0.265 e. The van der Waals surface area contributed by atoms with Gasteiger partial charge in [0.15, 0.2) is 18.1 Å². The Hall–Kier alpha value is -3.87. The second kappa shape index (κ2) is 10.6. The lowest BCUT2D eigenvalue weighted by Gasteiger charge is -2.11. The number of anilines is 1. The first-order chi connectivity index (χ1) is 14.7. The largest absolute Gasteiger partial charge is 0.493 e. The van der Waals surface area contributed by atoms with E-state index >= 15 is 0 Å². The van der Waals surface area contributed by atoms with Gasteiger partial charge in [0.25, 0.3) is 5.91 Å². The number of oxime groups is 1. The number of halogens is 1. The van der Waals surface area contributed by atoms with Crippen LogP contribution < -0.4 is 14.8 Å². The zero-order valence-corrected chi connectivity index (χ0v) is 16.4. The van der Waals surface area contributed by atoms with Gasteiger partial charge in [0.05, 0.1) is 13.3 Å². The van der Waals surface area contributed by atoms with Gasteiger partial charge >= 0.3 is 0 Å². The number of nitrogens with one attached hydrogen (secondary N) is 1. The molecule has 0 aromatic heterocycles. The lowest BCUT2D eigenvalue weighted by Crippen LogP contribution is -2.16. The summed E-state index contributed by atoms with van der Waals surface area (Å²) in [4.78, 5) is 16.8. The van der Waals surface area contributed by atoms with E-state index in [-0.39, 0.29) is 24.9 Å². The van der Waals surface area contributed by atoms with Gasteiger partial charge in [0, 0.05) is 16.8 Å². The number of hydrogen-bond donors (Lipinski definition) is 1. The van der Waals surface area contributed by atoms with Crippen LogP contribution in [-0.2, 0) is 16.2 Å². The maximum absolute atomic E-state index is 13.7. The third-order valence-electron chi connectivity index (χ3n) is 4.06. The van der Waals surface area contributed by atoms with Crippen molar-refractivity contribution in [3.8, 4) is 11.5 Å². The number of benzene rings is 3. The zero-order chi connectivity index (χ0) is 21.2. The van der Waals surface area contributed by atoms with E-state index in [9.17, 15) is 9.18 Å². The molecule has 0 aliphatic rings. The van der Waals surface area contributed by atoms with Gasteiger partial charge < -0.3 is 19.6 Å². The number of methoxy groups -OCH3 is 1. The Labute approximate surface area is 173 Å². The molecule has 1 amide bonds. The van der Waals surface area contributed by atoms with Crippen LogP contribution in [-0.4, -0.2) is 25.8 Å². The van der Waals surface area contributed by atoms with E-state index in [1.807, 2.05) is 18.2 Å². The molecule has 0 aliphatic heterocycles. The number of hydrogen-bond acceptors (Lipinski definition) is 5. The summed E-state index contributed by atoms with van der Waals surface area (Å²) < 4.78 is 24.7. The second-order valence-corrected chi connectivity index (χ2v) is 6.21. The molecule has 6 nitrogen and oxygen atoms in total. The SMILES string of the molecule is COc1cc(/C=N/OCC(=O)Nc2ccccc2)ccc1OCc1ccccc1F. The molecule has 0 bridgehead atoms. The molecule has 0 atom stereocenters. The smallest absolute Gasteiger partial charge is 0.265 e. The minimum Gasteiger partial charge on any atom is -0.493 e. The first-order valence-corrected chi connectivity index (χ1v) is 9.20. The van der Waals surface area contributed by atoms with Gasteiger partial charge in [-0.25, -0.2) is 4.39 Å². The second-order valence-electron chi connectivity index (χ2n) is 6.21. The fourth-order valence-corrected chi connectivity index (χ4v) is 2.57. The van der Waals surface area contributed by atoms with Crippen LogP contribution in [0.2, 0.25) is 0 Å². The maximum atomic E-state index is 13.7. The molecule has 0 saturated heterocycles. The molecule has 0 unspecified atom stereocenters. The molecule has 0 fully saturated rings. The molecule has 3 rings (SSSR count). The zero-order valence-electron chi connectivity index (χ0n) is 16.4. The van der Waals surface area contributed by atoms with E-state index in [1.54, 1.807) is 48.5 Å². The summed E-state index contributed by atoms with van der Waals surface area (Å²) in [5.74, 6) is 0.305. The summed E-state index contributed by atoms with van der Waals surface area (Å²) in [6.45, 7) is -0.136. The van der Waals surface area contributed by atoms with Gasteiger partial charge in [0.1, 0.15) is 12.4 Å². The molecular weight excluding hydrogens is 387 g/mol. The molecule has 30 heavy (non-hydrogen) atoms. The van der Waals surface area contributed by atoms with E-state index in [4.69, 9.17) is 14.3 Å². The highest BCUT2D eigenvalue weighted by Gasteiger charge is 2.08. The summed E-state index contributed by atoms with van der Waals surface area (Å²) in [5, 5.41) is 6.50. The van der Waals surface area contributed by atoms with Gasteiger partial charge in [-0.2, -0.15) is 0 Å². The Bertz CT molecular complexity index is 1010. The van der Waals surface area contributed by atoms with Crippen molar-refractivity contribution < 1.29 is 23.5 Å². The average molecular weight is 408 g/mol. The van der Waals surface area contributed by atoms with Crippen molar-refractivity contribution in [2.24, 2.45) is 5.16 Å². The highest BCUT2D eigenvalue weighted by atomic mass is 19.1. The first-order valence-electron chi connectivity index (χ1n) is 9.20. The number of amides is 1. The molecule has 154 valence electrons. The molecule has 0 spiro atoms. The predicted molar refractivity (Wildman–Crippen MR) is 112 cm³/mol. The van der Waals surface area contributed by atoms with Crippen LogP contribution in [0.1, 0.15) is 11.1 Å². The van der Waals surface area contributed by atoms with Crippen LogP contribution in [0.15, 0.2) is 78.0 Å². The van der Waals surface area contributed by atoms with Gasteiger partial charge in [-0.1, -0.05) is 41.6 Å². The average Bonchev–Trinajstić information content (AvgIpc) is 2.77. The minimum absolute atomic E-state index is 0.0795. The Morgan fingerprint density at radius 3 is 2.57 bits per heavy atom. The summed E-state index contributed by atoms with van der Waals surface area (Å²) in [6.07, 6.45) is 1.46. The Morgan fingerprint density at radius 2 is 1.80 bits per heavy atom. The highest BCUT2D eigenvalue weighted by molar-refractivity contribution is 5.91. The number of rotatable bonds is 9. The molecule has 0 heterocycles. The van der Waals surface area contributed by atoms with Crippen LogP contribution in [0.5, 0.6) is 11.5 Å². The molecule has 3 aromatic rings. The van der Waals surface area contributed by atoms with Crippen molar-refractivity contribution in [3.05, 3.63) is 89.7 Å². The summed E-state index contributed by atoms with van der Waals surface area (Å²) in [6, 6.07) is 20.6. The van der Waals surface area contributed by atoms with Gasteiger partial charge in [-0.05, 0) is 36.4 Å². The highest BCUT2D eigenvalue weighted by Crippen LogP contribution is 2.28. The minimum atomic E-state index is -0.325. The Balaban J connectivity index is 1.52. The predicted octanol–water partition coefficient (Wildman–Crippen LogP) is 4.40. The van der Waals surface area contributed by atoms with Gasteiger partial charge in [0.2, 0.25) is 0 Å². The molecule has 0 aliphatic carbocycles. The monoisotopic (exact) mass is 408 g/mol. The van der Waals surface area contributed by atoms with E-state index < -0.39 is 0 Å². The number of nitrogens with zero attached hydrogens (tertiary/aromatic N) is 1.